The highest BCUT2D eigenvalue weighted by Gasteiger charge is 2.54. The van der Waals surface area contributed by atoms with Crippen LogP contribution in [0.25, 0.3) is 22.3 Å². The molecule has 10 atom stereocenters. The highest BCUT2D eigenvalue weighted by atomic mass is 32.5. The van der Waals surface area contributed by atoms with Crippen molar-refractivity contribution in [3.63, 3.8) is 0 Å². The lowest BCUT2D eigenvalue weighted by Gasteiger charge is -2.25. The summed E-state index contributed by atoms with van der Waals surface area (Å²) in [6.45, 7) is 0.859. The van der Waals surface area contributed by atoms with Crippen LogP contribution in [0.3, 0.4) is 0 Å². The van der Waals surface area contributed by atoms with Crippen molar-refractivity contribution in [1.29, 1.82) is 0 Å². The van der Waals surface area contributed by atoms with Crippen molar-refractivity contribution in [2.75, 3.05) is 24.3 Å². The molecule has 0 aliphatic carbocycles. The van der Waals surface area contributed by atoms with E-state index >= 15 is 0 Å². The van der Waals surface area contributed by atoms with Gasteiger partial charge in [-0.1, -0.05) is 0 Å². The highest BCUT2D eigenvalue weighted by molar-refractivity contribution is 8.07. The summed E-state index contributed by atoms with van der Waals surface area (Å²) in [6.07, 6.45) is -4.69. The van der Waals surface area contributed by atoms with E-state index < -0.39 is 77.3 Å². The van der Waals surface area contributed by atoms with Gasteiger partial charge in [-0.3, -0.25) is 13.7 Å². The fourth-order valence-corrected chi connectivity index (χ4v) is 7.77. The number of rotatable bonds is 3. The molecule has 7 heterocycles. The maximum Gasteiger partial charge on any atom is 0.698 e. The number of aromatic nitrogens is 8. The molecule has 4 aromatic rings. The van der Waals surface area contributed by atoms with E-state index in [0.717, 1.165) is 0 Å². The number of ether oxygens (including phenoxy) is 2. The Hall–Kier alpha value is -2.91. The SMILES string of the molecule is CC(C)(C)Nc1ncnc2c1ncn2[C@@H]1O[C@@H]2CO[P+](=O)O[C@@H]3[C@H](O)[C@@H](COP(O)(=S)O[C@H]2[C@H]1O)O[C@H]3n1cnc2c(N)ncnc21. The minimum atomic E-state index is -4.13. The molecule has 3 aliphatic heterocycles. The molecule has 3 fully saturated rings. The van der Waals surface area contributed by atoms with Gasteiger partial charge in [0, 0.05) is 10.1 Å². The third kappa shape index (κ3) is 6.23. The second-order valence-electron chi connectivity index (χ2n) is 12.0. The van der Waals surface area contributed by atoms with Crippen LogP contribution < -0.4 is 11.1 Å². The van der Waals surface area contributed by atoms with Crippen LogP contribution in [-0.2, 0) is 43.9 Å². The Bertz CT molecular complexity index is 1870. The third-order valence-electron chi connectivity index (χ3n) is 7.62. The average Bonchev–Trinajstić information content (AvgIpc) is 3.76. The normalized spacial score (nSPS) is 34.6. The average molecular weight is 714 g/mol. The lowest BCUT2D eigenvalue weighted by atomic mass is 10.1. The van der Waals surface area contributed by atoms with Crippen LogP contribution in [0.1, 0.15) is 33.2 Å². The molecule has 20 nitrogen and oxygen atoms in total. The molecule has 23 heteroatoms. The van der Waals surface area contributed by atoms with Crippen molar-refractivity contribution in [2.24, 2.45) is 0 Å². The van der Waals surface area contributed by atoms with E-state index in [1.165, 1.54) is 34.4 Å². The molecule has 2 unspecified atom stereocenters. The zero-order valence-electron chi connectivity index (χ0n) is 25.0. The molecule has 252 valence electrons. The van der Waals surface area contributed by atoms with Gasteiger partial charge in [-0.2, -0.15) is 0 Å². The zero-order chi connectivity index (χ0) is 33.2. The standard InChI is InChI=1S/C24H30N10O10P2S/c1-24(2,3)32-19-13-21(29-7-27-19)33(9-31-13)22-15(36)16-11(42-22)4-39-45(37)43-17-14(35)10(5-40-46(38,47)44-16)41-23(17)34-8-30-12-18(25)26-6-28-20(12)34/h6-11,14-17,22-23,35-36H,4-5H2,1-3H3,(H3-,25,26,27,28,29,32,38,47)/p+1/t10-,11-,14-,15-,16-,17-,22-,23-,46?/m1/s1. The Kier molecular flexibility index (Phi) is 8.47. The largest absolute Gasteiger partial charge is 0.698 e. The molecule has 0 aromatic carbocycles. The fraction of sp³-hybridized carbons (Fsp3) is 0.583. The van der Waals surface area contributed by atoms with Crippen molar-refractivity contribution in [2.45, 2.75) is 75.4 Å². The highest BCUT2D eigenvalue weighted by Crippen LogP contribution is 2.51. The Morgan fingerprint density at radius 2 is 1.60 bits per heavy atom. The summed E-state index contributed by atoms with van der Waals surface area (Å²) in [5.74, 6) is 0.588. The molecular weight excluding hydrogens is 682 g/mol. The molecule has 6 N–H and O–H groups in total. The lowest BCUT2D eigenvalue weighted by molar-refractivity contribution is -0.0583. The molecule has 47 heavy (non-hydrogen) atoms. The van der Waals surface area contributed by atoms with Crippen LogP contribution >= 0.6 is 15.0 Å². The molecule has 7 rings (SSSR count). The van der Waals surface area contributed by atoms with Crippen molar-refractivity contribution < 1.29 is 47.2 Å². The second-order valence-corrected chi connectivity index (χ2v) is 15.7. The number of aliphatic hydroxyl groups is 2. The molecule has 3 saturated heterocycles. The smallest absolute Gasteiger partial charge is 0.387 e. The van der Waals surface area contributed by atoms with Crippen molar-refractivity contribution in [3.8, 4) is 0 Å². The molecule has 2 bridgehead atoms. The number of hydrogen-bond donors (Lipinski definition) is 5. The monoisotopic (exact) mass is 713 g/mol. The van der Waals surface area contributed by atoms with Gasteiger partial charge < -0.3 is 40.2 Å². The van der Waals surface area contributed by atoms with Gasteiger partial charge in [0.25, 0.3) is 0 Å². The molecule has 0 spiro atoms. The summed E-state index contributed by atoms with van der Waals surface area (Å²) in [5.41, 5.74) is 6.89. The van der Waals surface area contributed by atoms with E-state index in [-0.39, 0.29) is 22.5 Å². The summed E-state index contributed by atoms with van der Waals surface area (Å²) < 4.78 is 50.7. The van der Waals surface area contributed by atoms with Crippen LogP contribution in [0.5, 0.6) is 0 Å². The molecule has 3 aliphatic rings. The van der Waals surface area contributed by atoms with E-state index in [2.05, 4.69) is 35.2 Å². The number of hydrogen-bond acceptors (Lipinski definition) is 18. The minimum absolute atomic E-state index is 0.115. The van der Waals surface area contributed by atoms with Gasteiger partial charge in [-0.15, -0.1) is 9.05 Å². The first-order valence-electron chi connectivity index (χ1n) is 14.3. The first-order chi connectivity index (χ1) is 22.3. The van der Waals surface area contributed by atoms with Crippen molar-refractivity contribution in [1.82, 2.24) is 39.0 Å². The van der Waals surface area contributed by atoms with Gasteiger partial charge in [0.15, 0.2) is 47.0 Å². The van der Waals surface area contributed by atoms with E-state index in [1.807, 2.05) is 20.8 Å². The van der Waals surface area contributed by atoms with Crippen LogP contribution in [0.2, 0.25) is 0 Å². The van der Waals surface area contributed by atoms with Gasteiger partial charge in [0.1, 0.15) is 55.3 Å². The second kappa shape index (κ2) is 12.2. The van der Waals surface area contributed by atoms with Crippen LogP contribution in [0, 0.1) is 0 Å². The van der Waals surface area contributed by atoms with Crippen molar-refractivity contribution in [3.05, 3.63) is 25.3 Å². The Labute approximate surface area is 271 Å². The maximum absolute atomic E-state index is 13.2. The van der Waals surface area contributed by atoms with Gasteiger partial charge in [-0.05, 0) is 32.6 Å². The summed E-state index contributed by atoms with van der Waals surface area (Å²) in [7, 11) is -2.92. The van der Waals surface area contributed by atoms with Gasteiger partial charge >= 0.3 is 15.0 Å². The number of nitrogens with two attached hydrogens (primary N) is 1. The Morgan fingerprint density at radius 1 is 0.936 bits per heavy atom. The number of nitrogens with zero attached hydrogens (tertiary/aromatic N) is 8. The predicted octanol–water partition coefficient (Wildman–Crippen LogP) is 0.667. The topological polar surface area (TPSA) is 258 Å². The summed E-state index contributed by atoms with van der Waals surface area (Å²) in [4.78, 5) is 36.4. The number of nitrogen functional groups attached to an aromatic ring is 1. The lowest BCUT2D eigenvalue weighted by Crippen LogP contribution is -2.36. The number of imidazole rings is 2. The minimum Gasteiger partial charge on any atom is -0.387 e. The summed E-state index contributed by atoms with van der Waals surface area (Å²) in [6, 6.07) is 0. The zero-order valence-corrected chi connectivity index (χ0v) is 27.6. The molecular formula is C24H31N10O10P2S+. The van der Waals surface area contributed by atoms with Gasteiger partial charge in [0.2, 0.25) is 0 Å². The van der Waals surface area contributed by atoms with Gasteiger partial charge in [0.05, 0.1) is 19.3 Å². The predicted molar refractivity (Wildman–Crippen MR) is 164 cm³/mol. The first-order valence-corrected chi connectivity index (χ1v) is 18.0. The number of nitrogens with one attached hydrogen (secondary N) is 1. The molecule has 0 radical (unpaired) electrons. The first kappa shape index (κ1) is 32.6. The van der Waals surface area contributed by atoms with E-state index in [1.54, 1.807) is 0 Å². The van der Waals surface area contributed by atoms with E-state index in [0.29, 0.717) is 17.0 Å². The Morgan fingerprint density at radius 3 is 2.34 bits per heavy atom. The van der Waals surface area contributed by atoms with Crippen LogP contribution in [-0.4, -0.2) is 110 Å². The number of anilines is 2. The number of fused-ring (bicyclic) bond motifs is 5. The Balaban J connectivity index is 1.16. The summed E-state index contributed by atoms with van der Waals surface area (Å²) in [5, 5.41) is 25.8. The van der Waals surface area contributed by atoms with E-state index in [4.69, 9.17) is 45.1 Å². The quantitative estimate of drug-likeness (QED) is 0.183. The van der Waals surface area contributed by atoms with Gasteiger partial charge in [-0.25, -0.2) is 29.9 Å². The van der Waals surface area contributed by atoms with Crippen molar-refractivity contribution >= 4 is 60.7 Å². The molecule has 0 saturated carbocycles. The summed E-state index contributed by atoms with van der Waals surface area (Å²) >= 11 is 5.28. The van der Waals surface area contributed by atoms with Crippen LogP contribution in [0.15, 0.2) is 25.3 Å². The van der Waals surface area contributed by atoms with E-state index in [9.17, 15) is 19.7 Å². The maximum atomic E-state index is 13.2. The molecule has 4 aromatic heterocycles. The third-order valence-corrected chi connectivity index (χ3v) is 9.95. The molecule has 0 amide bonds. The van der Waals surface area contributed by atoms with Crippen LogP contribution in [0.4, 0.5) is 11.6 Å². The number of aliphatic hydroxyl groups excluding tert-OH is 2. The fourth-order valence-electron chi connectivity index (χ4n) is 5.56.